The first-order valence-electron chi connectivity index (χ1n) is 7.34. The molecule has 0 aliphatic carbocycles. The molecule has 1 rings (SSSR count). The van der Waals surface area contributed by atoms with Crippen molar-refractivity contribution in [3.63, 3.8) is 0 Å². The predicted molar refractivity (Wildman–Crippen MR) is 87.6 cm³/mol. The Balaban J connectivity index is 2.71. The number of hydrogen-bond donors (Lipinski definition) is 3. The van der Waals surface area contributed by atoms with Crippen molar-refractivity contribution in [1.82, 2.24) is 5.32 Å². The van der Waals surface area contributed by atoms with Crippen molar-refractivity contribution in [1.29, 1.82) is 0 Å². The van der Waals surface area contributed by atoms with Gasteiger partial charge >= 0.3 is 0 Å². The third-order valence-corrected chi connectivity index (χ3v) is 2.75. The van der Waals surface area contributed by atoms with E-state index in [1.807, 2.05) is 46.8 Å². The second-order valence-electron chi connectivity index (χ2n) is 6.21. The van der Waals surface area contributed by atoms with Gasteiger partial charge in [0.2, 0.25) is 5.91 Å². The molecule has 1 aromatic carbocycles. The Hall–Kier alpha value is -1.91. The molecular weight excluding hydrogens is 266 g/mol. The molecule has 5 nitrogen and oxygen atoms in total. The van der Waals surface area contributed by atoms with Gasteiger partial charge in [0.1, 0.15) is 11.8 Å². The van der Waals surface area contributed by atoms with Crippen molar-refractivity contribution in [2.24, 2.45) is 0 Å². The maximum absolute atomic E-state index is 12.1. The first-order chi connectivity index (χ1) is 9.73. The van der Waals surface area contributed by atoms with Gasteiger partial charge in [-0.15, -0.1) is 0 Å². The van der Waals surface area contributed by atoms with E-state index in [0.29, 0.717) is 18.0 Å². The molecule has 0 spiro atoms. The smallest absolute Gasteiger partial charge is 0.242 e. The molecule has 0 aromatic heterocycles. The second kappa shape index (κ2) is 7.20. The van der Waals surface area contributed by atoms with Crippen LogP contribution in [0.4, 0.5) is 11.4 Å². The average molecular weight is 293 g/mol. The number of nitrogen functional groups attached to an aromatic ring is 1. The number of benzene rings is 1. The minimum absolute atomic E-state index is 0.0460. The van der Waals surface area contributed by atoms with Gasteiger partial charge < -0.3 is 21.1 Å². The highest BCUT2D eigenvalue weighted by Crippen LogP contribution is 2.26. The highest BCUT2D eigenvalue weighted by Gasteiger charge is 2.19. The Kier molecular flexibility index (Phi) is 5.88. The molecule has 0 aliphatic heterocycles. The van der Waals surface area contributed by atoms with Crippen LogP contribution in [-0.4, -0.2) is 24.1 Å². The molecule has 5 heteroatoms. The molecule has 21 heavy (non-hydrogen) atoms. The fraction of sp³-hybridized carbons (Fsp3) is 0.562. The molecule has 0 saturated carbocycles. The maximum Gasteiger partial charge on any atom is 0.242 e. The number of anilines is 2. The van der Waals surface area contributed by atoms with Crippen LogP contribution in [0.5, 0.6) is 5.75 Å². The molecule has 1 unspecified atom stereocenters. The Bertz CT molecular complexity index is 481. The second-order valence-corrected chi connectivity index (χ2v) is 6.21. The summed E-state index contributed by atoms with van der Waals surface area (Å²) in [7, 11) is 0. The van der Waals surface area contributed by atoms with Crippen LogP contribution in [0.2, 0.25) is 0 Å². The van der Waals surface area contributed by atoms with E-state index in [9.17, 15) is 4.79 Å². The van der Waals surface area contributed by atoms with Gasteiger partial charge in [0.05, 0.1) is 12.3 Å². The molecule has 4 N–H and O–H groups in total. The minimum atomic E-state index is -0.341. The zero-order valence-electron chi connectivity index (χ0n) is 13.6. The zero-order chi connectivity index (χ0) is 16.0. The van der Waals surface area contributed by atoms with Crippen molar-refractivity contribution in [3.8, 4) is 5.75 Å². The molecule has 0 heterocycles. The molecule has 0 saturated heterocycles. The summed E-state index contributed by atoms with van der Waals surface area (Å²) in [5, 5.41) is 6.10. The van der Waals surface area contributed by atoms with E-state index in [1.54, 1.807) is 6.07 Å². The van der Waals surface area contributed by atoms with Crippen LogP contribution in [0, 0.1) is 0 Å². The van der Waals surface area contributed by atoms with Crippen molar-refractivity contribution >= 4 is 17.3 Å². The molecule has 1 aromatic rings. The summed E-state index contributed by atoms with van der Waals surface area (Å²) in [4.78, 5) is 12.1. The lowest BCUT2D eigenvalue weighted by atomic mass is 10.1. The topological polar surface area (TPSA) is 76.4 Å². The molecule has 1 amide bonds. The highest BCUT2D eigenvalue weighted by atomic mass is 16.5. The van der Waals surface area contributed by atoms with Crippen LogP contribution in [0.25, 0.3) is 0 Å². The van der Waals surface area contributed by atoms with Gasteiger partial charge in [0.25, 0.3) is 0 Å². The molecule has 1 atom stereocenters. The van der Waals surface area contributed by atoms with E-state index in [4.69, 9.17) is 10.5 Å². The van der Waals surface area contributed by atoms with Crippen molar-refractivity contribution in [2.75, 3.05) is 17.7 Å². The SMILES string of the molecule is CCCOc1cc(NC(C)C(=O)NC(C)(C)C)ccc1N. The van der Waals surface area contributed by atoms with Crippen molar-refractivity contribution < 1.29 is 9.53 Å². The molecule has 0 fully saturated rings. The Morgan fingerprint density at radius 3 is 2.62 bits per heavy atom. The van der Waals surface area contributed by atoms with Crippen LogP contribution >= 0.6 is 0 Å². The standard InChI is InChI=1S/C16H27N3O2/c1-6-9-21-14-10-12(7-8-13(14)17)18-11(2)15(20)19-16(3,4)5/h7-8,10-11,18H,6,9,17H2,1-5H3,(H,19,20). The lowest BCUT2D eigenvalue weighted by molar-refractivity contribution is -0.122. The quantitative estimate of drug-likeness (QED) is 0.705. The average Bonchev–Trinajstić information content (AvgIpc) is 2.37. The summed E-state index contributed by atoms with van der Waals surface area (Å²) >= 11 is 0. The minimum Gasteiger partial charge on any atom is -0.491 e. The lowest BCUT2D eigenvalue weighted by Gasteiger charge is -2.24. The number of rotatable bonds is 6. The van der Waals surface area contributed by atoms with Gasteiger partial charge in [0, 0.05) is 17.3 Å². The highest BCUT2D eigenvalue weighted by molar-refractivity contribution is 5.85. The number of amides is 1. The Labute approximate surface area is 127 Å². The van der Waals surface area contributed by atoms with E-state index in [0.717, 1.165) is 12.1 Å². The largest absolute Gasteiger partial charge is 0.491 e. The summed E-state index contributed by atoms with van der Waals surface area (Å²) in [6.07, 6.45) is 0.918. The fourth-order valence-corrected chi connectivity index (χ4v) is 1.75. The van der Waals surface area contributed by atoms with Crippen molar-refractivity contribution in [2.45, 2.75) is 52.6 Å². The summed E-state index contributed by atoms with van der Waals surface area (Å²) in [5.41, 5.74) is 7.04. The van der Waals surface area contributed by atoms with E-state index < -0.39 is 0 Å². The van der Waals surface area contributed by atoms with E-state index >= 15 is 0 Å². The summed E-state index contributed by atoms with van der Waals surface area (Å²) in [6, 6.07) is 5.11. The van der Waals surface area contributed by atoms with Crippen LogP contribution in [-0.2, 0) is 4.79 Å². The van der Waals surface area contributed by atoms with Crippen LogP contribution in [0.3, 0.4) is 0 Å². The fourth-order valence-electron chi connectivity index (χ4n) is 1.75. The summed E-state index contributed by atoms with van der Waals surface area (Å²) in [5.74, 6) is 0.598. The lowest BCUT2D eigenvalue weighted by Crippen LogP contribution is -2.47. The number of nitrogens with one attached hydrogen (secondary N) is 2. The van der Waals surface area contributed by atoms with Gasteiger partial charge in [-0.1, -0.05) is 6.92 Å². The van der Waals surface area contributed by atoms with Gasteiger partial charge in [-0.3, -0.25) is 4.79 Å². The number of carbonyl (C=O) groups excluding carboxylic acids is 1. The van der Waals surface area contributed by atoms with E-state index in [-0.39, 0.29) is 17.5 Å². The summed E-state index contributed by atoms with van der Waals surface area (Å²) in [6.45, 7) is 10.3. The Morgan fingerprint density at radius 1 is 1.38 bits per heavy atom. The van der Waals surface area contributed by atoms with Gasteiger partial charge in [-0.05, 0) is 46.2 Å². The number of hydrogen-bond acceptors (Lipinski definition) is 4. The zero-order valence-corrected chi connectivity index (χ0v) is 13.6. The van der Waals surface area contributed by atoms with Crippen LogP contribution in [0.15, 0.2) is 18.2 Å². The number of ether oxygens (including phenoxy) is 1. The van der Waals surface area contributed by atoms with Crippen molar-refractivity contribution in [3.05, 3.63) is 18.2 Å². The summed E-state index contributed by atoms with van der Waals surface area (Å²) < 4.78 is 5.58. The van der Waals surface area contributed by atoms with Crippen LogP contribution in [0.1, 0.15) is 41.0 Å². The number of carbonyl (C=O) groups is 1. The van der Waals surface area contributed by atoms with Gasteiger partial charge in [-0.25, -0.2) is 0 Å². The third kappa shape index (κ3) is 5.94. The predicted octanol–water partition coefficient (Wildman–Crippen LogP) is 2.77. The van der Waals surface area contributed by atoms with Crippen LogP contribution < -0.4 is 21.1 Å². The Morgan fingerprint density at radius 2 is 2.05 bits per heavy atom. The maximum atomic E-state index is 12.1. The van der Waals surface area contributed by atoms with E-state index in [2.05, 4.69) is 10.6 Å². The molecule has 0 bridgehead atoms. The molecular formula is C16H27N3O2. The number of nitrogens with two attached hydrogens (primary N) is 1. The normalized spacial score (nSPS) is 12.6. The monoisotopic (exact) mass is 293 g/mol. The van der Waals surface area contributed by atoms with Gasteiger partial charge in [0.15, 0.2) is 0 Å². The first-order valence-corrected chi connectivity index (χ1v) is 7.34. The first kappa shape index (κ1) is 17.1. The van der Waals surface area contributed by atoms with Gasteiger partial charge in [-0.2, -0.15) is 0 Å². The third-order valence-electron chi connectivity index (χ3n) is 2.75. The molecule has 0 aliphatic rings. The molecule has 0 radical (unpaired) electrons. The molecule has 118 valence electrons. The van der Waals surface area contributed by atoms with E-state index in [1.165, 1.54) is 0 Å².